The average molecular weight is 297 g/mol. The lowest BCUT2D eigenvalue weighted by atomic mass is 9.89. The molecule has 0 saturated carbocycles. The van der Waals surface area contributed by atoms with Gasteiger partial charge in [0.05, 0.1) is 13.2 Å². The molecule has 2 N–H and O–H groups in total. The van der Waals surface area contributed by atoms with Gasteiger partial charge in [-0.3, -0.25) is 4.90 Å². The summed E-state index contributed by atoms with van der Waals surface area (Å²) in [5.41, 5.74) is 7.46. The van der Waals surface area contributed by atoms with E-state index in [4.69, 9.17) is 22.1 Å². The van der Waals surface area contributed by atoms with E-state index < -0.39 is 0 Å². The van der Waals surface area contributed by atoms with E-state index in [0.29, 0.717) is 5.92 Å². The van der Waals surface area contributed by atoms with E-state index in [1.165, 1.54) is 0 Å². The van der Waals surface area contributed by atoms with E-state index in [-0.39, 0.29) is 12.1 Å². The Morgan fingerprint density at radius 2 is 2.20 bits per heavy atom. The van der Waals surface area contributed by atoms with Crippen molar-refractivity contribution >= 4 is 11.6 Å². The minimum atomic E-state index is 0.108. The first kappa shape index (κ1) is 15.6. The predicted molar refractivity (Wildman–Crippen MR) is 84.4 cm³/mol. The van der Waals surface area contributed by atoms with Crippen LogP contribution in [0.15, 0.2) is 18.2 Å². The fourth-order valence-electron chi connectivity index (χ4n) is 3.15. The summed E-state index contributed by atoms with van der Waals surface area (Å²) in [6.45, 7) is 6.58. The highest BCUT2D eigenvalue weighted by molar-refractivity contribution is 6.31. The Morgan fingerprint density at radius 3 is 2.85 bits per heavy atom. The molecule has 0 amide bonds. The highest BCUT2D eigenvalue weighted by Gasteiger charge is 2.33. The van der Waals surface area contributed by atoms with Gasteiger partial charge >= 0.3 is 0 Å². The molecule has 1 aliphatic rings. The molecule has 1 saturated heterocycles. The van der Waals surface area contributed by atoms with Gasteiger partial charge in [-0.15, -0.1) is 0 Å². The monoisotopic (exact) mass is 296 g/mol. The van der Waals surface area contributed by atoms with Crippen molar-refractivity contribution in [1.29, 1.82) is 0 Å². The molecule has 1 aromatic rings. The van der Waals surface area contributed by atoms with Gasteiger partial charge in [-0.05, 0) is 37.4 Å². The Bertz CT molecular complexity index is 450. The van der Waals surface area contributed by atoms with Crippen molar-refractivity contribution in [2.75, 3.05) is 20.2 Å². The number of hydrogen-bond acceptors (Lipinski definition) is 3. The van der Waals surface area contributed by atoms with Crippen molar-refractivity contribution in [2.45, 2.75) is 38.8 Å². The van der Waals surface area contributed by atoms with Gasteiger partial charge in [0.15, 0.2) is 0 Å². The largest absolute Gasteiger partial charge is 0.496 e. The summed E-state index contributed by atoms with van der Waals surface area (Å²) >= 11 is 6.45. The van der Waals surface area contributed by atoms with Crippen molar-refractivity contribution in [2.24, 2.45) is 11.7 Å². The minimum absolute atomic E-state index is 0.108. The first-order valence-electron chi connectivity index (χ1n) is 7.36. The lowest BCUT2D eigenvalue weighted by Gasteiger charge is -2.41. The van der Waals surface area contributed by atoms with Crippen LogP contribution in [0.1, 0.15) is 38.3 Å². The number of ether oxygens (including phenoxy) is 1. The van der Waals surface area contributed by atoms with Crippen LogP contribution in [0.4, 0.5) is 0 Å². The molecule has 4 heteroatoms. The SMILES string of the molecule is COc1cccc(Cl)c1C1C(N)CCCN1CC(C)C. The molecule has 1 heterocycles. The van der Waals surface area contributed by atoms with Crippen LogP contribution in [0, 0.1) is 5.92 Å². The Labute approximate surface area is 127 Å². The van der Waals surface area contributed by atoms with Crippen LogP contribution in [0.2, 0.25) is 5.02 Å². The van der Waals surface area contributed by atoms with Gasteiger partial charge in [-0.1, -0.05) is 31.5 Å². The molecule has 1 fully saturated rings. The zero-order valence-corrected chi connectivity index (χ0v) is 13.4. The zero-order chi connectivity index (χ0) is 14.7. The molecule has 0 radical (unpaired) electrons. The summed E-state index contributed by atoms with van der Waals surface area (Å²) < 4.78 is 5.51. The quantitative estimate of drug-likeness (QED) is 0.924. The molecule has 0 spiro atoms. The molecule has 1 aliphatic heterocycles. The molecule has 112 valence electrons. The summed E-state index contributed by atoms with van der Waals surface area (Å²) in [6, 6.07) is 6.07. The lowest BCUT2D eigenvalue weighted by Crippen LogP contribution is -2.47. The summed E-state index contributed by atoms with van der Waals surface area (Å²) in [7, 11) is 1.69. The second kappa shape index (κ2) is 6.79. The van der Waals surface area contributed by atoms with Gasteiger partial charge in [0.25, 0.3) is 0 Å². The van der Waals surface area contributed by atoms with E-state index in [1.807, 2.05) is 18.2 Å². The van der Waals surface area contributed by atoms with Crippen LogP contribution in [-0.2, 0) is 0 Å². The van der Waals surface area contributed by atoms with Crippen LogP contribution in [0.25, 0.3) is 0 Å². The topological polar surface area (TPSA) is 38.5 Å². The molecule has 2 unspecified atom stereocenters. The van der Waals surface area contributed by atoms with E-state index in [0.717, 1.165) is 42.3 Å². The Balaban J connectivity index is 2.39. The summed E-state index contributed by atoms with van der Waals surface area (Å²) in [6.07, 6.45) is 2.19. The van der Waals surface area contributed by atoms with Gasteiger partial charge in [0.2, 0.25) is 0 Å². The first-order chi connectivity index (χ1) is 9.54. The fourth-order valence-corrected chi connectivity index (χ4v) is 3.43. The number of rotatable bonds is 4. The fraction of sp³-hybridized carbons (Fsp3) is 0.625. The van der Waals surface area contributed by atoms with E-state index >= 15 is 0 Å². The molecule has 20 heavy (non-hydrogen) atoms. The standard InChI is InChI=1S/C16H25ClN2O/c1-11(2)10-19-9-5-7-13(18)16(19)15-12(17)6-4-8-14(15)20-3/h4,6,8,11,13,16H,5,7,9-10,18H2,1-3H3. The third kappa shape index (κ3) is 3.27. The zero-order valence-electron chi connectivity index (χ0n) is 12.6. The van der Waals surface area contributed by atoms with Crippen molar-refractivity contribution in [1.82, 2.24) is 4.90 Å². The maximum absolute atomic E-state index is 6.45. The Hall–Kier alpha value is -0.770. The third-order valence-corrected chi connectivity index (χ3v) is 4.24. The maximum atomic E-state index is 6.45. The number of methoxy groups -OCH3 is 1. The first-order valence-corrected chi connectivity index (χ1v) is 7.74. The number of likely N-dealkylation sites (tertiary alicyclic amines) is 1. The smallest absolute Gasteiger partial charge is 0.125 e. The van der Waals surface area contributed by atoms with Crippen LogP contribution >= 0.6 is 11.6 Å². The van der Waals surface area contributed by atoms with Crippen LogP contribution in [0.3, 0.4) is 0 Å². The van der Waals surface area contributed by atoms with E-state index in [9.17, 15) is 0 Å². The second-order valence-electron chi connectivity index (χ2n) is 6.00. The Kier molecular flexibility index (Phi) is 5.30. The van der Waals surface area contributed by atoms with Crippen molar-refractivity contribution < 1.29 is 4.74 Å². The van der Waals surface area contributed by atoms with Crippen molar-refractivity contribution in [3.63, 3.8) is 0 Å². The van der Waals surface area contributed by atoms with Crippen molar-refractivity contribution in [3.05, 3.63) is 28.8 Å². The lowest BCUT2D eigenvalue weighted by molar-refractivity contribution is 0.112. The maximum Gasteiger partial charge on any atom is 0.125 e. The molecular formula is C16H25ClN2O. The second-order valence-corrected chi connectivity index (χ2v) is 6.40. The summed E-state index contributed by atoms with van der Waals surface area (Å²) in [5, 5.41) is 0.750. The Morgan fingerprint density at radius 1 is 1.45 bits per heavy atom. The van der Waals surface area contributed by atoms with Gasteiger partial charge in [-0.25, -0.2) is 0 Å². The van der Waals surface area contributed by atoms with Gasteiger partial charge in [-0.2, -0.15) is 0 Å². The number of piperidine rings is 1. The summed E-state index contributed by atoms with van der Waals surface area (Å²) in [5.74, 6) is 1.45. The molecule has 1 aromatic carbocycles. The molecule has 0 bridgehead atoms. The predicted octanol–water partition coefficient (Wildman–Crippen LogP) is 3.47. The highest BCUT2D eigenvalue weighted by Crippen LogP contribution is 2.39. The summed E-state index contributed by atoms with van der Waals surface area (Å²) in [4.78, 5) is 2.46. The normalized spacial score (nSPS) is 24.1. The molecule has 0 aliphatic carbocycles. The third-order valence-electron chi connectivity index (χ3n) is 3.91. The van der Waals surface area contributed by atoms with Crippen LogP contribution in [0.5, 0.6) is 5.75 Å². The molecule has 3 nitrogen and oxygen atoms in total. The van der Waals surface area contributed by atoms with Gasteiger partial charge in [0.1, 0.15) is 5.75 Å². The average Bonchev–Trinajstić information content (AvgIpc) is 2.39. The number of hydrogen-bond donors (Lipinski definition) is 1. The van der Waals surface area contributed by atoms with E-state index in [1.54, 1.807) is 7.11 Å². The molecule has 2 atom stereocenters. The number of halogens is 1. The van der Waals surface area contributed by atoms with Gasteiger partial charge in [0, 0.05) is 23.2 Å². The van der Waals surface area contributed by atoms with Crippen LogP contribution in [-0.4, -0.2) is 31.1 Å². The number of nitrogens with two attached hydrogens (primary N) is 1. The number of benzene rings is 1. The highest BCUT2D eigenvalue weighted by atomic mass is 35.5. The van der Waals surface area contributed by atoms with Gasteiger partial charge < -0.3 is 10.5 Å². The molecule has 0 aromatic heterocycles. The van der Waals surface area contributed by atoms with E-state index in [2.05, 4.69) is 18.7 Å². The molecular weight excluding hydrogens is 272 g/mol. The minimum Gasteiger partial charge on any atom is -0.496 e. The van der Waals surface area contributed by atoms with Crippen molar-refractivity contribution in [3.8, 4) is 5.75 Å². The number of nitrogens with zero attached hydrogens (tertiary/aromatic N) is 1. The van der Waals surface area contributed by atoms with Crippen LogP contribution < -0.4 is 10.5 Å². The molecule has 2 rings (SSSR count).